The van der Waals surface area contributed by atoms with Crippen LogP contribution in [0.3, 0.4) is 0 Å². The lowest BCUT2D eigenvalue weighted by atomic mass is 9.94. The molecule has 4 atom stereocenters. The molecule has 0 amide bonds. The number of hydrogen-bond donors (Lipinski definition) is 1. The van der Waals surface area contributed by atoms with Gasteiger partial charge in [0.15, 0.2) is 5.79 Å². The predicted octanol–water partition coefficient (Wildman–Crippen LogP) is 2.59. The van der Waals surface area contributed by atoms with E-state index in [9.17, 15) is 9.90 Å². The molecule has 0 aromatic rings. The van der Waals surface area contributed by atoms with Gasteiger partial charge in [-0.3, -0.25) is 4.79 Å². The Balaban J connectivity index is 2.51. The smallest absolute Gasteiger partial charge is 0.172 e. The summed E-state index contributed by atoms with van der Waals surface area (Å²) < 4.78 is 11.0. The fourth-order valence-corrected chi connectivity index (χ4v) is 2.68. The minimum Gasteiger partial charge on any atom is -0.365 e. The molecule has 0 bridgehead atoms. The van der Waals surface area contributed by atoms with Gasteiger partial charge in [0.1, 0.15) is 5.78 Å². The zero-order chi connectivity index (χ0) is 13.6. The fraction of sp³-hybridized carbons (Fsp3) is 0.923. The minimum atomic E-state index is -1.25. The third-order valence-electron chi connectivity index (χ3n) is 3.52. The van der Waals surface area contributed by atoms with Crippen LogP contribution in [0.4, 0.5) is 0 Å². The Morgan fingerprint density at radius 3 is 2.89 bits per heavy atom. The number of rotatable bonds is 7. The Morgan fingerprint density at radius 1 is 1.61 bits per heavy atom. The number of ether oxygens (including phenoxy) is 1. The Bertz CT molecular complexity index is 268. The summed E-state index contributed by atoms with van der Waals surface area (Å²) in [5, 5.41) is 10.3. The van der Waals surface area contributed by atoms with Gasteiger partial charge in [0.2, 0.25) is 0 Å². The molecule has 0 aromatic carbocycles. The van der Waals surface area contributed by atoms with Crippen molar-refractivity contribution >= 4 is 15.2 Å². The fourth-order valence-electron chi connectivity index (χ4n) is 2.37. The van der Waals surface area contributed by atoms with Gasteiger partial charge in [0.05, 0.1) is 18.6 Å². The summed E-state index contributed by atoms with van der Waals surface area (Å²) in [6, 6.07) is 0. The Hall–Kier alpha value is -0.0200. The van der Waals surface area contributed by atoms with Crippen molar-refractivity contribution in [2.75, 3.05) is 0 Å². The molecule has 4 nitrogen and oxygen atoms in total. The maximum atomic E-state index is 11.5. The molecule has 1 saturated heterocycles. The van der Waals surface area contributed by atoms with Crippen LogP contribution in [0.15, 0.2) is 0 Å². The Labute approximate surface area is 112 Å². The zero-order valence-electron chi connectivity index (χ0n) is 11.4. The van der Waals surface area contributed by atoms with E-state index in [1.54, 1.807) is 6.92 Å². The van der Waals surface area contributed by atoms with E-state index in [1.807, 2.05) is 0 Å². The number of hydrogen-bond acceptors (Lipinski definition) is 4. The van der Waals surface area contributed by atoms with Crippen LogP contribution in [-0.2, 0) is 14.1 Å². The Morgan fingerprint density at radius 2 is 2.33 bits per heavy atom. The molecule has 0 aliphatic carbocycles. The minimum absolute atomic E-state index is 0.0149. The van der Waals surface area contributed by atoms with E-state index in [2.05, 4.69) is 16.4 Å². The third-order valence-corrected chi connectivity index (χ3v) is 3.91. The molecule has 5 heteroatoms. The molecule has 106 valence electrons. The van der Waals surface area contributed by atoms with E-state index >= 15 is 0 Å². The van der Waals surface area contributed by atoms with Crippen molar-refractivity contribution in [2.24, 2.45) is 0 Å². The van der Waals surface area contributed by atoms with Crippen molar-refractivity contribution in [1.82, 2.24) is 0 Å². The van der Waals surface area contributed by atoms with E-state index in [0.717, 1.165) is 25.7 Å². The summed E-state index contributed by atoms with van der Waals surface area (Å²) in [4.78, 5) is 11.5. The summed E-state index contributed by atoms with van der Waals surface area (Å²) in [7, 11) is 2.28. The van der Waals surface area contributed by atoms with Gasteiger partial charge in [-0.05, 0) is 19.3 Å². The maximum Gasteiger partial charge on any atom is 0.172 e. The predicted molar refractivity (Wildman–Crippen MR) is 73.1 cm³/mol. The largest absolute Gasteiger partial charge is 0.365 e. The first-order chi connectivity index (χ1) is 8.53. The highest BCUT2D eigenvalue weighted by molar-refractivity contribution is 7.09. The van der Waals surface area contributed by atoms with Crippen LogP contribution in [-0.4, -0.2) is 28.9 Å². The van der Waals surface area contributed by atoms with E-state index in [1.165, 1.54) is 0 Å². The SMILES string of the molecule is CCC(=O)CC1(O)CCC[C@@H](CC(CC)OP)O1. The molecular formula is C13H25O4P. The third kappa shape index (κ3) is 4.93. The number of carbonyl (C=O) groups is 1. The van der Waals surface area contributed by atoms with Crippen LogP contribution in [0.25, 0.3) is 0 Å². The molecule has 0 radical (unpaired) electrons. The quantitative estimate of drug-likeness (QED) is 0.726. The number of Topliss-reactive ketones (excluding diaryl/α,β-unsaturated/α-hetero) is 1. The van der Waals surface area contributed by atoms with Crippen LogP contribution in [0.1, 0.15) is 58.8 Å². The second kappa shape index (κ2) is 7.54. The van der Waals surface area contributed by atoms with Crippen molar-refractivity contribution < 1.29 is 19.2 Å². The molecule has 1 N–H and O–H groups in total. The van der Waals surface area contributed by atoms with Crippen molar-refractivity contribution in [1.29, 1.82) is 0 Å². The van der Waals surface area contributed by atoms with Crippen LogP contribution in [0.5, 0.6) is 0 Å². The van der Waals surface area contributed by atoms with Crippen molar-refractivity contribution in [3.63, 3.8) is 0 Å². The lowest BCUT2D eigenvalue weighted by Crippen LogP contribution is -2.43. The van der Waals surface area contributed by atoms with Gasteiger partial charge in [-0.2, -0.15) is 0 Å². The second-order valence-electron chi connectivity index (χ2n) is 5.05. The summed E-state index contributed by atoms with van der Waals surface area (Å²) in [6.07, 6.45) is 4.72. The zero-order valence-corrected chi connectivity index (χ0v) is 12.5. The first-order valence-electron chi connectivity index (χ1n) is 6.80. The molecule has 18 heavy (non-hydrogen) atoms. The Kier molecular flexibility index (Phi) is 6.72. The number of carbonyl (C=O) groups excluding carboxylic acids is 1. The molecule has 1 aliphatic heterocycles. The van der Waals surface area contributed by atoms with E-state index in [-0.39, 0.29) is 24.4 Å². The van der Waals surface area contributed by atoms with Gasteiger partial charge in [0, 0.05) is 28.7 Å². The number of ketones is 1. The van der Waals surface area contributed by atoms with Gasteiger partial charge >= 0.3 is 0 Å². The highest BCUT2D eigenvalue weighted by Crippen LogP contribution is 2.32. The van der Waals surface area contributed by atoms with Gasteiger partial charge in [0.25, 0.3) is 0 Å². The van der Waals surface area contributed by atoms with Crippen LogP contribution in [0.2, 0.25) is 0 Å². The van der Waals surface area contributed by atoms with Gasteiger partial charge in [-0.25, -0.2) is 0 Å². The highest BCUT2D eigenvalue weighted by Gasteiger charge is 2.37. The number of aliphatic hydroxyl groups is 1. The molecule has 1 aliphatic rings. The van der Waals surface area contributed by atoms with Gasteiger partial charge in [-0.15, -0.1) is 0 Å². The monoisotopic (exact) mass is 276 g/mol. The van der Waals surface area contributed by atoms with Crippen molar-refractivity contribution in [3.8, 4) is 0 Å². The molecule has 0 saturated carbocycles. The highest BCUT2D eigenvalue weighted by atomic mass is 31.0. The lowest BCUT2D eigenvalue weighted by Gasteiger charge is -2.37. The lowest BCUT2D eigenvalue weighted by molar-refractivity contribution is -0.256. The molecule has 0 spiro atoms. The topological polar surface area (TPSA) is 55.8 Å². The summed E-state index contributed by atoms with van der Waals surface area (Å²) in [6.45, 7) is 3.87. The second-order valence-corrected chi connectivity index (χ2v) is 5.32. The molecule has 0 aromatic heterocycles. The van der Waals surface area contributed by atoms with Gasteiger partial charge < -0.3 is 14.4 Å². The maximum absolute atomic E-state index is 11.5. The van der Waals surface area contributed by atoms with E-state index < -0.39 is 5.79 Å². The van der Waals surface area contributed by atoms with Gasteiger partial charge in [-0.1, -0.05) is 13.8 Å². The first kappa shape index (κ1) is 16.0. The van der Waals surface area contributed by atoms with Crippen LogP contribution in [0, 0.1) is 0 Å². The molecule has 1 rings (SSSR count). The molecule has 3 unspecified atom stereocenters. The molecule has 1 fully saturated rings. The van der Waals surface area contributed by atoms with Crippen molar-refractivity contribution in [3.05, 3.63) is 0 Å². The molecular weight excluding hydrogens is 251 g/mol. The summed E-state index contributed by atoms with van der Waals surface area (Å²) in [5.74, 6) is -1.21. The average Bonchev–Trinajstić information content (AvgIpc) is 2.35. The van der Waals surface area contributed by atoms with E-state index in [0.29, 0.717) is 12.8 Å². The standard InChI is InChI=1S/C13H25O4P/c1-3-10(14)9-13(15)7-5-6-12(16-13)8-11(4-2)17-18/h11-12,15H,3-9,18H2,1-2H3/t11?,12-,13?/m0/s1. The normalized spacial score (nSPS) is 30.1. The van der Waals surface area contributed by atoms with Crippen molar-refractivity contribution in [2.45, 2.75) is 76.8 Å². The summed E-state index contributed by atoms with van der Waals surface area (Å²) in [5.41, 5.74) is 0. The first-order valence-corrected chi connectivity index (χ1v) is 7.27. The van der Waals surface area contributed by atoms with Crippen LogP contribution >= 0.6 is 9.47 Å². The summed E-state index contributed by atoms with van der Waals surface area (Å²) >= 11 is 0. The van der Waals surface area contributed by atoms with E-state index in [4.69, 9.17) is 9.26 Å². The van der Waals surface area contributed by atoms with Crippen LogP contribution < -0.4 is 0 Å². The molecule has 1 heterocycles. The average molecular weight is 276 g/mol.